The highest BCUT2D eigenvalue weighted by atomic mass is 32.2. The van der Waals surface area contributed by atoms with Crippen LogP contribution in [0.4, 0.5) is 0 Å². The van der Waals surface area contributed by atoms with E-state index in [2.05, 4.69) is 5.32 Å². The second kappa shape index (κ2) is 9.49. The maximum absolute atomic E-state index is 12.5. The van der Waals surface area contributed by atoms with Crippen molar-refractivity contribution in [1.29, 1.82) is 0 Å². The maximum Gasteiger partial charge on any atom is 0.266 e. The Morgan fingerprint density at radius 2 is 1.96 bits per heavy atom. The van der Waals surface area contributed by atoms with Gasteiger partial charge in [0.2, 0.25) is 5.91 Å². The van der Waals surface area contributed by atoms with Gasteiger partial charge in [-0.15, -0.1) is 0 Å². The van der Waals surface area contributed by atoms with Crippen molar-refractivity contribution in [3.8, 4) is 0 Å². The van der Waals surface area contributed by atoms with Crippen molar-refractivity contribution in [2.24, 2.45) is 0 Å². The fourth-order valence-electron chi connectivity index (χ4n) is 2.27. The van der Waals surface area contributed by atoms with Gasteiger partial charge in [0.05, 0.1) is 4.91 Å². The molecule has 1 saturated heterocycles. The van der Waals surface area contributed by atoms with Crippen LogP contribution in [0, 0.1) is 6.92 Å². The second-order valence-corrected chi connectivity index (χ2v) is 7.50. The summed E-state index contributed by atoms with van der Waals surface area (Å²) in [6, 6.07) is 7.80. The number of carbonyl (C=O) groups is 3. The second-order valence-electron chi connectivity index (χ2n) is 5.82. The van der Waals surface area contributed by atoms with Crippen molar-refractivity contribution in [3.63, 3.8) is 0 Å². The van der Waals surface area contributed by atoms with E-state index in [1.54, 1.807) is 6.08 Å². The van der Waals surface area contributed by atoms with Crippen molar-refractivity contribution >= 4 is 52.2 Å². The zero-order valence-corrected chi connectivity index (χ0v) is 16.0. The predicted octanol–water partition coefficient (Wildman–Crippen LogP) is 1.23. The SMILES string of the molecule is Cc1ccc(/C=C2/SC(=S)N(CCC(=O)NCCCC(=O)[O-])C2=O)cc1. The van der Waals surface area contributed by atoms with Crippen molar-refractivity contribution in [2.75, 3.05) is 13.1 Å². The van der Waals surface area contributed by atoms with Gasteiger partial charge in [0.25, 0.3) is 5.91 Å². The zero-order chi connectivity index (χ0) is 19.1. The number of carboxylic acid groups (broad SMARTS) is 1. The Morgan fingerprint density at radius 1 is 1.27 bits per heavy atom. The summed E-state index contributed by atoms with van der Waals surface area (Å²) in [7, 11) is 0. The summed E-state index contributed by atoms with van der Waals surface area (Å²) in [5.41, 5.74) is 2.06. The fraction of sp³-hybridized carbons (Fsp3) is 0.333. The van der Waals surface area contributed by atoms with Crippen LogP contribution in [-0.2, 0) is 14.4 Å². The Morgan fingerprint density at radius 3 is 2.62 bits per heavy atom. The minimum absolute atomic E-state index is 0.0984. The number of nitrogens with one attached hydrogen (secondary N) is 1. The number of thiocarbonyl (C=S) groups is 1. The topological polar surface area (TPSA) is 89.5 Å². The lowest BCUT2D eigenvalue weighted by Gasteiger charge is -2.14. The molecule has 8 heteroatoms. The molecule has 1 aliphatic rings. The average molecular weight is 391 g/mol. The van der Waals surface area contributed by atoms with Gasteiger partial charge >= 0.3 is 0 Å². The molecule has 2 amide bonds. The standard InChI is InChI=1S/C18H20N2O4S2/c1-12-4-6-13(7-5-12)11-14-17(24)20(18(25)26-14)10-8-15(21)19-9-2-3-16(22)23/h4-7,11H,2-3,8-10H2,1H3,(H,19,21)(H,22,23)/p-1/b14-11+. The molecule has 6 nitrogen and oxygen atoms in total. The van der Waals surface area contributed by atoms with Crippen LogP contribution in [0.25, 0.3) is 6.08 Å². The van der Waals surface area contributed by atoms with Gasteiger partial charge in [-0.3, -0.25) is 14.5 Å². The minimum Gasteiger partial charge on any atom is -0.550 e. The molecule has 1 fully saturated rings. The maximum atomic E-state index is 12.5. The van der Waals surface area contributed by atoms with Gasteiger partial charge in [0.15, 0.2) is 0 Å². The van der Waals surface area contributed by atoms with E-state index in [1.165, 1.54) is 16.7 Å². The number of hydrogen-bond acceptors (Lipinski definition) is 6. The van der Waals surface area contributed by atoms with Gasteiger partial charge in [-0.1, -0.05) is 53.8 Å². The number of amides is 2. The Bertz CT molecular complexity index is 744. The average Bonchev–Trinajstić information content (AvgIpc) is 2.85. The number of aliphatic carboxylic acids is 1. The first kappa shape index (κ1) is 20.1. The first-order valence-corrected chi connectivity index (χ1v) is 9.38. The third kappa shape index (κ3) is 5.96. The van der Waals surface area contributed by atoms with Crippen molar-refractivity contribution in [3.05, 3.63) is 40.3 Å². The molecule has 0 aliphatic carbocycles. The molecule has 0 aromatic heterocycles. The summed E-state index contributed by atoms with van der Waals surface area (Å²) in [5, 5.41) is 12.9. The highest BCUT2D eigenvalue weighted by Gasteiger charge is 2.31. The third-order valence-electron chi connectivity index (χ3n) is 3.69. The number of hydrogen-bond donors (Lipinski definition) is 1. The molecule has 2 rings (SSSR count). The number of aryl methyl sites for hydroxylation is 1. The Hall–Kier alpha value is -2.19. The smallest absolute Gasteiger partial charge is 0.266 e. The molecule has 0 unspecified atom stereocenters. The van der Waals surface area contributed by atoms with Crippen LogP contribution in [0.15, 0.2) is 29.2 Å². The van der Waals surface area contributed by atoms with Crippen LogP contribution in [0.1, 0.15) is 30.4 Å². The van der Waals surface area contributed by atoms with E-state index in [4.69, 9.17) is 12.2 Å². The van der Waals surface area contributed by atoms with E-state index < -0.39 is 5.97 Å². The molecule has 0 atom stereocenters. The van der Waals surface area contributed by atoms with Crippen LogP contribution in [0.5, 0.6) is 0 Å². The zero-order valence-electron chi connectivity index (χ0n) is 14.3. The van der Waals surface area contributed by atoms with Gasteiger partial charge < -0.3 is 15.2 Å². The molecule has 1 aliphatic heterocycles. The largest absolute Gasteiger partial charge is 0.550 e. The summed E-state index contributed by atoms with van der Waals surface area (Å²) in [6.07, 6.45) is 2.11. The molecule has 1 heterocycles. The molecule has 1 aromatic carbocycles. The molecule has 138 valence electrons. The van der Waals surface area contributed by atoms with Crippen LogP contribution < -0.4 is 10.4 Å². The summed E-state index contributed by atoms with van der Waals surface area (Å²) in [6.45, 7) is 2.45. The Balaban J connectivity index is 1.85. The van der Waals surface area contributed by atoms with Gasteiger partial charge in [-0.2, -0.15) is 0 Å². The van der Waals surface area contributed by atoms with E-state index >= 15 is 0 Å². The first-order valence-electron chi connectivity index (χ1n) is 8.15. The highest BCUT2D eigenvalue weighted by molar-refractivity contribution is 8.26. The van der Waals surface area contributed by atoms with E-state index in [9.17, 15) is 19.5 Å². The van der Waals surface area contributed by atoms with Crippen LogP contribution in [0.2, 0.25) is 0 Å². The van der Waals surface area contributed by atoms with E-state index in [0.29, 0.717) is 15.6 Å². The summed E-state index contributed by atoms with van der Waals surface area (Å²) >= 11 is 6.46. The van der Waals surface area contributed by atoms with Crippen LogP contribution in [0.3, 0.4) is 0 Å². The highest BCUT2D eigenvalue weighted by Crippen LogP contribution is 2.32. The normalized spacial score (nSPS) is 15.6. The summed E-state index contributed by atoms with van der Waals surface area (Å²) < 4.78 is 0.429. The quantitative estimate of drug-likeness (QED) is 0.407. The molecule has 0 saturated carbocycles. The summed E-state index contributed by atoms with van der Waals surface area (Å²) in [4.78, 5) is 36.5. The Labute approximate surface area is 161 Å². The first-order chi connectivity index (χ1) is 12.4. The number of rotatable bonds is 8. The molecule has 0 radical (unpaired) electrons. The van der Waals surface area contributed by atoms with E-state index in [1.807, 2.05) is 31.2 Å². The number of carbonyl (C=O) groups excluding carboxylic acids is 3. The lowest BCUT2D eigenvalue weighted by atomic mass is 10.1. The van der Waals surface area contributed by atoms with Gasteiger partial charge in [-0.25, -0.2) is 0 Å². The molecule has 26 heavy (non-hydrogen) atoms. The molecule has 1 aromatic rings. The number of benzene rings is 1. The van der Waals surface area contributed by atoms with Crippen LogP contribution in [-0.4, -0.2) is 40.1 Å². The molecule has 0 bridgehead atoms. The minimum atomic E-state index is -1.14. The monoisotopic (exact) mass is 391 g/mol. The molecular weight excluding hydrogens is 372 g/mol. The van der Waals surface area contributed by atoms with Crippen molar-refractivity contribution < 1.29 is 19.5 Å². The molecule has 1 N–H and O–H groups in total. The van der Waals surface area contributed by atoms with Crippen LogP contribution >= 0.6 is 24.0 Å². The summed E-state index contributed by atoms with van der Waals surface area (Å²) in [5.74, 6) is -1.59. The number of nitrogens with zero attached hydrogens (tertiary/aromatic N) is 1. The van der Waals surface area contributed by atoms with Gasteiger partial charge in [-0.05, 0) is 31.4 Å². The van der Waals surface area contributed by atoms with Gasteiger partial charge in [0, 0.05) is 25.5 Å². The third-order valence-corrected chi connectivity index (χ3v) is 5.07. The van der Waals surface area contributed by atoms with Gasteiger partial charge in [0.1, 0.15) is 4.32 Å². The fourth-order valence-corrected chi connectivity index (χ4v) is 3.58. The van der Waals surface area contributed by atoms with E-state index in [-0.39, 0.29) is 37.7 Å². The predicted molar refractivity (Wildman–Crippen MR) is 103 cm³/mol. The van der Waals surface area contributed by atoms with Crippen molar-refractivity contribution in [2.45, 2.75) is 26.2 Å². The van der Waals surface area contributed by atoms with Crippen molar-refractivity contribution in [1.82, 2.24) is 10.2 Å². The number of carboxylic acids is 1. The van der Waals surface area contributed by atoms with E-state index in [0.717, 1.165) is 11.1 Å². The number of thioether (sulfide) groups is 1. The Kier molecular flexibility index (Phi) is 7.35. The lowest BCUT2D eigenvalue weighted by Crippen LogP contribution is -2.34. The lowest BCUT2D eigenvalue weighted by molar-refractivity contribution is -0.305. The molecular formula is C18H19N2O4S2-. The molecule has 0 spiro atoms.